The van der Waals surface area contributed by atoms with Gasteiger partial charge in [0.05, 0.1) is 49.6 Å². The minimum Gasteiger partial charge on any atom is -0.496 e. The molecular formula is C105H119ClF6N12O9. The smallest absolute Gasteiger partial charge is 0.416 e. The number of alkyl halides is 3. The lowest BCUT2D eigenvalue weighted by molar-refractivity contribution is -0.137. The monoisotopic (exact) mass is 1840 g/mol. The molecule has 0 fully saturated rings. The third-order valence-electron chi connectivity index (χ3n) is 20.3. The first kappa shape index (κ1) is 106. The number of amides is 12. The maximum Gasteiger partial charge on any atom is 0.416 e. The number of aryl methyl sites for hydroxylation is 5. The molecule has 0 saturated carbocycles. The fraction of sp³-hybridized carbons (Fsp3) is 0.257. The summed E-state index contributed by atoms with van der Waals surface area (Å²) in [6, 6.07) is 69.0. The number of ether oxygens (including phenoxy) is 3. The largest absolute Gasteiger partial charge is 0.496 e. The van der Waals surface area contributed by atoms with Gasteiger partial charge in [-0.25, -0.2) is 41.9 Å². The number of methoxy groups -OCH3 is 3. The first-order valence-electron chi connectivity index (χ1n) is 43.1. The van der Waals surface area contributed by atoms with Crippen molar-refractivity contribution in [3.8, 4) is 17.2 Å². The first-order valence-corrected chi connectivity index (χ1v) is 43.4. The number of hydrogen-bond acceptors (Lipinski definition) is 9. The molecular weight excluding hydrogens is 1720 g/mol. The van der Waals surface area contributed by atoms with Gasteiger partial charge in [0, 0.05) is 50.5 Å². The number of hydrogen-bond donors (Lipinski definition) is 12. The minimum absolute atomic E-state index is 0.0802. The number of halogens is 7. The molecule has 12 aromatic carbocycles. The van der Waals surface area contributed by atoms with Gasteiger partial charge in [-0.2, -0.15) is 13.2 Å². The summed E-state index contributed by atoms with van der Waals surface area (Å²) in [7, 11) is 4.84. The van der Waals surface area contributed by atoms with Crippen LogP contribution in [-0.2, 0) is 6.18 Å². The van der Waals surface area contributed by atoms with E-state index in [-0.39, 0.29) is 47.3 Å². The van der Waals surface area contributed by atoms with Crippen molar-refractivity contribution < 1.29 is 69.3 Å². The molecule has 28 heteroatoms. The van der Waals surface area contributed by atoms with Crippen LogP contribution in [0, 0.1) is 52.1 Å². The van der Waals surface area contributed by atoms with Crippen LogP contribution in [0.2, 0.25) is 5.02 Å². The maximum absolute atomic E-state index is 13.9. The van der Waals surface area contributed by atoms with Gasteiger partial charge in [0.2, 0.25) is 0 Å². The van der Waals surface area contributed by atoms with Gasteiger partial charge in [0.15, 0.2) is 0 Å². The number of benzene rings is 12. The van der Waals surface area contributed by atoms with Crippen molar-refractivity contribution in [1.29, 1.82) is 0 Å². The second kappa shape index (κ2) is 51.2. The summed E-state index contributed by atoms with van der Waals surface area (Å²) < 4.78 is 95.0. The summed E-state index contributed by atoms with van der Waals surface area (Å²) in [5.41, 5.74) is 16.4. The summed E-state index contributed by atoms with van der Waals surface area (Å²) >= 11 is 5.96. The van der Waals surface area contributed by atoms with E-state index in [4.69, 9.17) is 25.8 Å². The summed E-state index contributed by atoms with van der Waals surface area (Å²) in [5.74, 6) is 2.29. The number of urea groups is 6. The molecule has 0 unspecified atom stereocenters. The van der Waals surface area contributed by atoms with E-state index < -0.39 is 46.9 Å². The maximum atomic E-state index is 13.9. The van der Waals surface area contributed by atoms with Crippen molar-refractivity contribution in [2.24, 2.45) is 0 Å². The lowest BCUT2D eigenvalue weighted by Gasteiger charge is -2.13. The fourth-order valence-corrected chi connectivity index (χ4v) is 12.7. The molecule has 12 N–H and O–H groups in total. The van der Waals surface area contributed by atoms with E-state index in [0.717, 1.165) is 79.0 Å². The Hall–Kier alpha value is -14.5. The van der Waals surface area contributed by atoms with Gasteiger partial charge in [0.25, 0.3) is 0 Å². The number of carbonyl (C=O) groups is 6. The SMILES string of the molecule is CC(C)c1ccc(NC(=O)Nc2cc(C(F)(F)F)ccc2F)c(F)c1.COc1ccc(C)cc1NC(=O)Nc1ccc(C(C)C)cc1.COc1ccc(NC(=O)Nc2ccc(C(C)C)cc2)cc1C.COc1ccc(NC(=O)Nc2ccc(C(C)C)cc2)cc1C.Cc1cc(NC(=O)Nc2ccc(C(C)C)cc2)ccc1Cl.Cc1cccc(NC(=O)Nc2ccc(C(C)C)cc2F)c1. The Balaban J connectivity index is 0.000000218. The van der Waals surface area contributed by atoms with Crippen LogP contribution in [0.4, 0.5) is 123 Å². The average molecular weight is 1840 g/mol. The molecule has 133 heavy (non-hydrogen) atoms. The zero-order valence-electron chi connectivity index (χ0n) is 78.5. The number of carbonyl (C=O) groups excluding carboxylic acids is 6. The second-order valence-corrected chi connectivity index (χ2v) is 33.4. The van der Waals surface area contributed by atoms with Gasteiger partial charge >= 0.3 is 42.4 Å². The van der Waals surface area contributed by atoms with Gasteiger partial charge in [0.1, 0.15) is 34.7 Å². The zero-order valence-corrected chi connectivity index (χ0v) is 79.2. The molecule has 0 saturated heterocycles. The highest BCUT2D eigenvalue weighted by molar-refractivity contribution is 6.31. The van der Waals surface area contributed by atoms with Crippen molar-refractivity contribution in [2.75, 3.05) is 85.1 Å². The zero-order chi connectivity index (χ0) is 97.9. The standard InChI is InChI=1S/3C18H22N2O2.C17H19ClN2O.C17H15F5N2O.C17H19FN2O/c1-12(2)14-6-8-15(9-7-14)19-18(21)20-16-11-13(3)5-10-17(16)22-4;2*1-12(2)14-5-7-15(8-6-14)19-18(21)20-16-9-10-17(22-4)13(3)11-16;1-11(2)13-4-6-14(7-5-13)19-17(21)20-15-8-9-16(18)12(3)10-15;1-9(2)10-3-6-14(13(19)7-10)23-16(25)24-15-8-11(17(20,21)22)4-5-12(15)18;1-11(2)13-7-8-16(15(18)10-13)20-17(21)19-14-6-4-5-12(3)9-14/h3*5-12H,1-4H3,(H2,19,20,21);4-11H,1-3H3,(H2,19,20,21);3-9H,1-2H3,(H2,23,24,25);4-11H,1-3H3,(H2,19,20,21). The lowest BCUT2D eigenvalue weighted by atomic mass is 10.0. The first-order chi connectivity index (χ1) is 63.0. The minimum atomic E-state index is -4.68. The number of rotatable bonds is 21. The van der Waals surface area contributed by atoms with E-state index >= 15 is 0 Å². The van der Waals surface area contributed by atoms with Crippen molar-refractivity contribution in [1.82, 2.24) is 0 Å². The molecule has 12 amide bonds. The van der Waals surface area contributed by atoms with Gasteiger partial charge in [-0.1, -0.05) is 174 Å². The van der Waals surface area contributed by atoms with E-state index in [1.807, 2.05) is 250 Å². The highest BCUT2D eigenvalue weighted by Gasteiger charge is 2.32. The summed E-state index contributed by atoms with van der Waals surface area (Å²) in [6.45, 7) is 34.5. The highest BCUT2D eigenvalue weighted by Crippen LogP contribution is 2.34. The Bertz CT molecular complexity index is 5760. The molecule has 0 aliphatic heterocycles. The van der Waals surface area contributed by atoms with Gasteiger partial charge in [-0.05, 0) is 301 Å². The summed E-state index contributed by atoms with van der Waals surface area (Å²) in [6.07, 6.45) is -4.68. The Kier molecular flexibility index (Phi) is 40.7. The summed E-state index contributed by atoms with van der Waals surface area (Å²) in [4.78, 5) is 71.8. The summed E-state index contributed by atoms with van der Waals surface area (Å²) in [5, 5.41) is 32.5. The number of anilines is 12. The quantitative estimate of drug-likeness (QED) is 0.0305. The predicted octanol–water partition coefficient (Wildman–Crippen LogP) is 30.4. The molecule has 0 aliphatic rings. The van der Waals surface area contributed by atoms with E-state index in [1.54, 1.807) is 51.7 Å². The van der Waals surface area contributed by atoms with E-state index in [0.29, 0.717) is 75.3 Å². The Morgan fingerprint density at radius 3 is 0.872 bits per heavy atom. The average Bonchev–Trinajstić information content (AvgIpc) is 0.829. The molecule has 0 aliphatic carbocycles. The van der Waals surface area contributed by atoms with E-state index in [9.17, 15) is 55.1 Å². The van der Waals surface area contributed by atoms with E-state index in [2.05, 4.69) is 114 Å². The van der Waals surface area contributed by atoms with Crippen molar-refractivity contribution in [2.45, 2.75) is 159 Å². The molecule has 702 valence electrons. The molecule has 0 heterocycles. The second-order valence-electron chi connectivity index (χ2n) is 33.0. The van der Waals surface area contributed by atoms with Gasteiger partial charge in [-0.3, -0.25) is 0 Å². The Morgan fingerprint density at radius 2 is 0.549 bits per heavy atom. The lowest BCUT2D eigenvalue weighted by Crippen LogP contribution is -2.21. The van der Waals surface area contributed by atoms with Crippen LogP contribution >= 0.6 is 11.6 Å². The molecule has 0 aromatic heterocycles. The fourth-order valence-electron chi connectivity index (χ4n) is 12.6. The van der Waals surface area contributed by atoms with Crippen LogP contribution in [-0.4, -0.2) is 57.5 Å². The molecule has 0 radical (unpaired) electrons. The van der Waals surface area contributed by atoms with Gasteiger partial charge < -0.3 is 78.0 Å². The van der Waals surface area contributed by atoms with Crippen LogP contribution in [0.5, 0.6) is 17.2 Å². The van der Waals surface area contributed by atoms with E-state index in [1.165, 1.54) is 40.5 Å². The molecule has 0 bridgehead atoms. The van der Waals surface area contributed by atoms with Crippen LogP contribution in [0.25, 0.3) is 0 Å². The van der Waals surface area contributed by atoms with Crippen molar-refractivity contribution in [3.05, 3.63) is 338 Å². The van der Waals surface area contributed by atoms with Crippen LogP contribution in [0.3, 0.4) is 0 Å². The predicted molar refractivity (Wildman–Crippen MR) is 531 cm³/mol. The van der Waals surface area contributed by atoms with Crippen LogP contribution in [0.15, 0.2) is 249 Å². The third kappa shape index (κ3) is 35.4. The van der Waals surface area contributed by atoms with Crippen LogP contribution < -0.4 is 78.0 Å². The molecule has 0 atom stereocenters. The van der Waals surface area contributed by atoms with Gasteiger partial charge in [-0.15, -0.1) is 0 Å². The van der Waals surface area contributed by atoms with Crippen molar-refractivity contribution >= 4 is 116 Å². The molecule has 21 nitrogen and oxygen atoms in total. The third-order valence-corrected chi connectivity index (χ3v) is 20.7. The van der Waals surface area contributed by atoms with Crippen LogP contribution in [0.1, 0.15) is 185 Å². The molecule has 0 spiro atoms. The Labute approximate surface area is 780 Å². The Morgan fingerprint density at radius 1 is 0.263 bits per heavy atom. The number of nitrogens with one attached hydrogen (secondary N) is 12. The topological polar surface area (TPSA) is 274 Å². The highest BCUT2D eigenvalue weighted by atomic mass is 35.5. The molecule has 12 rings (SSSR count). The normalized spacial score (nSPS) is 10.7. The molecule has 12 aromatic rings. The van der Waals surface area contributed by atoms with Crippen molar-refractivity contribution in [3.63, 3.8) is 0 Å².